The van der Waals surface area contributed by atoms with Crippen LogP contribution in [0, 0.1) is 17.3 Å². The summed E-state index contributed by atoms with van der Waals surface area (Å²) in [5, 5.41) is 10.8. The molecule has 4 rings (SSSR count). The zero-order valence-electron chi connectivity index (χ0n) is 13.4. The van der Waals surface area contributed by atoms with Crippen LogP contribution >= 0.6 is 23.5 Å². The van der Waals surface area contributed by atoms with Crippen LogP contribution in [0.4, 0.5) is 0 Å². The van der Waals surface area contributed by atoms with Gasteiger partial charge >= 0.3 is 5.97 Å². The minimum Gasteiger partial charge on any atom is -0.457 e. The minimum absolute atomic E-state index is 0.0851. The second-order valence-electron chi connectivity index (χ2n) is 7.47. The summed E-state index contributed by atoms with van der Waals surface area (Å²) in [4.78, 5) is 12.1. The molecule has 2 aliphatic carbocycles. The van der Waals surface area contributed by atoms with Crippen molar-refractivity contribution in [3.63, 3.8) is 0 Å². The van der Waals surface area contributed by atoms with Crippen molar-refractivity contribution in [1.82, 2.24) is 0 Å². The van der Waals surface area contributed by atoms with Gasteiger partial charge in [0.05, 0.1) is 16.1 Å². The third-order valence-corrected chi connectivity index (χ3v) is 10.2. The average molecular weight is 341 g/mol. The van der Waals surface area contributed by atoms with E-state index in [9.17, 15) is 9.90 Å². The van der Waals surface area contributed by atoms with Crippen LogP contribution in [0.25, 0.3) is 0 Å². The lowest BCUT2D eigenvalue weighted by atomic mass is 9.58. The van der Waals surface area contributed by atoms with Crippen molar-refractivity contribution in [3.05, 3.63) is 11.1 Å². The second-order valence-corrected chi connectivity index (χ2v) is 10.5. The summed E-state index contributed by atoms with van der Waals surface area (Å²) in [5.74, 6) is 2.36. The number of rotatable bonds is 0. The van der Waals surface area contributed by atoms with E-state index in [0.717, 1.165) is 12.8 Å². The molecule has 0 radical (unpaired) electrons. The van der Waals surface area contributed by atoms with Crippen LogP contribution in [-0.4, -0.2) is 38.9 Å². The fourth-order valence-electron chi connectivity index (χ4n) is 4.96. The minimum atomic E-state index is -0.357. The maximum Gasteiger partial charge on any atom is 0.309 e. The van der Waals surface area contributed by atoms with Gasteiger partial charge in [0, 0.05) is 22.8 Å². The van der Waals surface area contributed by atoms with Gasteiger partial charge in [-0.15, -0.1) is 23.5 Å². The van der Waals surface area contributed by atoms with E-state index in [-0.39, 0.29) is 39.5 Å². The lowest BCUT2D eigenvalue weighted by Gasteiger charge is -2.52. The van der Waals surface area contributed by atoms with Gasteiger partial charge in [-0.3, -0.25) is 4.79 Å². The summed E-state index contributed by atoms with van der Waals surface area (Å²) < 4.78 is 5.97. The number of hydrogen-bond donors (Lipinski definition) is 1. The summed E-state index contributed by atoms with van der Waals surface area (Å²) >= 11 is 4.10. The fraction of sp³-hybridized carbons (Fsp3) is 0.824. The van der Waals surface area contributed by atoms with Crippen LogP contribution in [0.15, 0.2) is 11.1 Å². The lowest BCUT2D eigenvalue weighted by Crippen LogP contribution is -2.51. The van der Waals surface area contributed by atoms with Gasteiger partial charge < -0.3 is 9.84 Å². The van der Waals surface area contributed by atoms with E-state index >= 15 is 0 Å². The number of carbonyl (C=O) groups is 1. The molecule has 2 heterocycles. The summed E-state index contributed by atoms with van der Waals surface area (Å²) in [6.07, 6.45) is 2.35. The SMILES string of the molecule is CC1=C2[C@@H]3OC(=O)[C@@H](C)[C@@H]3C[C@H](O)[C@@]2(C)CCC12SCCS2. The molecular formula is C17H24O3S2. The Bertz CT molecular complexity index is 552. The normalized spacial score (nSPS) is 46.6. The summed E-state index contributed by atoms with van der Waals surface area (Å²) in [7, 11) is 0. The summed E-state index contributed by atoms with van der Waals surface area (Å²) in [5.41, 5.74) is 2.41. The van der Waals surface area contributed by atoms with Gasteiger partial charge in [-0.2, -0.15) is 0 Å². The zero-order chi connectivity index (χ0) is 15.7. The van der Waals surface area contributed by atoms with E-state index in [2.05, 4.69) is 13.8 Å². The highest BCUT2D eigenvalue weighted by Crippen LogP contribution is 2.63. The topological polar surface area (TPSA) is 46.5 Å². The van der Waals surface area contributed by atoms with Gasteiger partial charge in [-0.25, -0.2) is 0 Å². The van der Waals surface area contributed by atoms with Crippen molar-refractivity contribution < 1.29 is 14.6 Å². The van der Waals surface area contributed by atoms with Gasteiger partial charge in [0.15, 0.2) is 0 Å². The molecule has 0 unspecified atom stereocenters. The first-order valence-corrected chi connectivity index (χ1v) is 10.2. The molecule has 2 saturated heterocycles. The molecule has 1 N–H and O–H groups in total. The van der Waals surface area contributed by atoms with Gasteiger partial charge in [-0.05, 0) is 37.3 Å². The molecule has 3 fully saturated rings. The van der Waals surface area contributed by atoms with Gasteiger partial charge in [0.2, 0.25) is 0 Å². The van der Waals surface area contributed by atoms with Crippen LogP contribution in [-0.2, 0) is 9.53 Å². The number of ether oxygens (including phenoxy) is 1. The Morgan fingerprint density at radius 3 is 2.64 bits per heavy atom. The van der Waals surface area contributed by atoms with Crippen LogP contribution in [0.1, 0.15) is 40.0 Å². The zero-order valence-corrected chi connectivity index (χ0v) is 15.1. The number of aliphatic hydroxyl groups excluding tert-OH is 1. The highest BCUT2D eigenvalue weighted by atomic mass is 32.2. The maximum atomic E-state index is 12.1. The summed E-state index contributed by atoms with van der Waals surface area (Å²) in [6, 6.07) is 0. The Labute approximate surface area is 140 Å². The Morgan fingerprint density at radius 2 is 1.95 bits per heavy atom. The molecule has 1 spiro atoms. The first-order valence-electron chi connectivity index (χ1n) is 8.27. The highest BCUT2D eigenvalue weighted by molar-refractivity contribution is 8.21. The van der Waals surface area contributed by atoms with E-state index in [1.165, 1.54) is 22.7 Å². The molecule has 2 aliphatic heterocycles. The number of carbonyl (C=O) groups excluding carboxylic acids is 1. The Kier molecular flexibility index (Phi) is 3.45. The molecule has 1 saturated carbocycles. The molecule has 5 heteroatoms. The Morgan fingerprint density at radius 1 is 1.27 bits per heavy atom. The maximum absolute atomic E-state index is 12.1. The predicted octanol–water partition coefficient (Wildman–Crippen LogP) is 3.22. The van der Waals surface area contributed by atoms with E-state index in [1.54, 1.807) is 0 Å². The van der Waals surface area contributed by atoms with Gasteiger partial charge in [-0.1, -0.05) is 13.8 Å². The molecule has 5 atom stereocenters. The Hall–Kier alpha value is -0.130. The van der Waals surface area contributed by atoms with Gasteiger partial charge in [0.1, 0.15) is 6.10 Å². The van der Waals surface area contributed by atoms with Crippen molar-refractivity contribution in [2.75, 3.05) is 11.5 Å². The van der Waals surface area contributed by atoms with Crippen LogP contribution in [0.3, 0.4) is 0 Å². The quantitative estimate of drug-likeness (QED) is 0.542. The van der Waals surface area contributed by atoms with Crippen molar-refractivity contribution in [2.24, 2.45) is 17.3 Å². The predicted molar refractivity (Wildman–Crippen MR) is 90.8 cm³/mol. The molecule has 22 heavy (non-hydrogen) atoms. The molecule has 4 aliphatic rings. The van der Waals surface area contributed by atoms with Crippen LogP contribution in [0.5, 0.6) is 0 Å². The van der Waals surface area contributed by atoms with Crippen molar-refractivity contribution in [2.45, 2.75) is 56.3 Å². The average Bonchev–Trinajstić information content (AvgIpc) is 3.05. The Balaban J connectivity index is 1.85. The highest BCUT2D eigenvalue weighted by Gasteiger charge is 2.60. The lowest BCUT2D eigenvalue weighted by molar-refractivity contribution is -0.143. The molecule has 0 aromatic heterocycles. The second kappa shape index (κ2) is 4.93. The number of fused-ring (bicyclic) bond motifs is 3. The first-order chi connectivity index (χ1) is 10.4. The fourth-order valence-corrected chi connectivity index (χ4v) is 8.26. The smallest absolute Gasteiger partial charge is 0.309 e. The van der Waals surface area contributed by atoms with E-state index < -0.39 is 0 Å². The largest absolute Gasteiger partial charge is 0.457 e. The molecule has 0 aromatic rings. The summed E-state index contributed by atoms with van der Waals surface area (Å²) in [6.45, 7) is 6.36. The third-order valence-electron chi connectivity index (χ3n) is 6.48. The van der Waals surface area contributed by atoms with Crippen molar-refractivity contribution in [3.8, 4) is 0 Å². The molecular weight excluding hydrogens is 316 g/mol. The molecule has 0 aromatic carbocycles. The molecule has 0 amide bonds. The van der Waals surface area contributed by atoms with E-state index in [1.807, 2.05) is 30.4 Å². The monoisotopic (exact) mass is 340 g/mol. The van der Waals surface area contributed by atoms with Gasteiger partial charge in [0.25, 0.3) is 0 Å². The first kappa shape index (κ1) is 15.4. The molecule has 0 bridgehead atoms. The molecule has 122 valence electrons. The van der Waals surface area contributed by atoms with Crippen molar-refractivity contribution in [1.29, 1.82) is 0 Å². The number of aliphatic hydroxyl groups is 1. The van der Waals surface area contributed by atoms with Crippen LogP contribution < -0.4 is 0 Å². The standard InChI is InChI=1S/C17H24O3S2/c1-9-11-8-12(18)16(3)4-5-17(21-6-7-22-17)10(2)13(16)14(11)20-15(9)19/h9,11-12,14,18H,4-8H2,1-3H3/t9-,11-,12-,14+,16+/m0/s1. The number of hydrogen-bond acceptors (Lipinski definition) is 5. The number of thioether (sulfide) groups is 2. The van der Waals surface area contributed by atoms with E-state index in [4.69, 9.17) is 4.74 Å². The third kappa shape index (κ3) is 1.85. The molecule has 3 nitrogen and oxygen atoms in total. The number of esters is 1. The van der Waals surface area contributed by atoms with E-state index in [0.29, 0.717) is 6.42 Å². The van der Waals surface area contributed by atoms with Crippen molar-refractivity contribution >= 4 is 29.5 Å². The van der Waals surface area contributed by atoms with Crippen LogP contribution in [0.2, 0.25) is 0 Å².